The van der Waals surface area contributed by atoms with Gasteiger partial charge in [0, 0.05) is 31.5 Å². The number of ether oxygens (including phenoxy) is 2. The highest BCUT2D eigenvalue weighted by Crippen LogP contribution is 2.35. The van der Waals surface area contributed by atoms with Crippen LogP contribution in [-0.2, 0) is 4.74 Å². The minimum absolute atomic E-state index is 0.0133. The molecule has 0 aromatic heterocycles. The molecule has 0 aliphatic rings. The summed E-state index contributed by atoms with van der Waals surface area (Å²) in [5.41, 5.74) is 2.42. The van der Waals surface area contributed by atoms with Crippen molar-refractivity contribution < 1.29 is 14.4 Å². The molecule has 0 heterocycles. The number of anilines is 1. The van der Waals surface area contributed by atoms with Crippen LogP contribution in [0.4, 0.5) is 22.7 Å². The number of nitro groups is 1. The van der Waals surface area contributed by atoms with Gasteiger partial charge in [0.15, 0.2) is 5.75 Å². The van der Waals surface area contributed by atoms with Crippen LogP contribution in [0.25, 0.3) is 0 Å². The number of likely N-dealkylation sites (N-methyl/N-ethyl adjacent to an activating group) is 1. The topological polar surface area (TPSA) is 89.6 Å². The number of nitro benzene ring substituents is 1. The largest absolute Gasteiger partial charge is 0.491 e. The third kappa shape index (κ3) is 35.2. The average molecular weight is 1000 g/mol. The Morgan fingerprint density at radius 1 is 0.472 bits per heavy atom. The normalized spacial score (nSPS) is 12.5. The van der Waals surface area contributed by atoms with Crippen LogP contribution in [-0.4, -0.2) is 37.8 Å². The maximum atomic E-state index is 11.9. The van der Waals surface area contributed by atoms with Crippen LogP contribution < -0.4 is 9.64 Å². The number of hydrogen-bond acceptors (Lipinski definition) is 7. The highest BCUT2D eigenvalue weighted by molar-refractivity contribution is 5.58. The SMILES string of the molecule is CCCCCCCCCCCCC(CCCCCCCCCC)COCCN(CC)c1ccc(N=Nc2ccc([N+](=O)[O-])cc2OCC(CCCCCCCCCC)CCCCCCCCCCCC)cc1. The monoisotopic (exact) mass is 1000 g/mol. The van der Waals surface area contributed by atoms with Crippen molar-refractivity contribution in [1.82, 2.24) is 0 Å². The molecule has 2 unspecified atom stereocenters. The summed E-state index contributed by atoms with van der Waals surface area (Å²) in [6.07, 6.45) is 53.4. The molecule has 0 N–H and O–H groups in total. The van der Waals surface area contributed by atoms with E-state index in [1.54, 1.807) is 6.07 Å². The van der Waals surface area contributed by atoms with E-state index in [1.165, 1.54) is 256 Å². The van der Waals surface area contributed by atoms with E-state index in [0.29, 0.717) is 29.9 Å². The molecule has 8 heteroatoms. The zero-order valence-corrected chi connectivity index (χ0v) is 47.9. The molecule has 0 amide bonds. The maximum absolute atomic E-state index is 11.9. The van der Waals surface area contributed by atoms with E-state index in [0.717, 1.165) is 50.5 Å². The second kappa shape index (κ2) is 47.7. The summed E-state index contributed by atoms with van der Waals surface area (Å²) in [6.45, 7) is 15.2. The fourth-order valence-corrected chi connectivity index (χ4v) is 10.4. The van der Waals surface area contributed by atoms with Crippen molar-refractivity contribution in [2.45, 2.75) is 291 Å². The second-order valence-corrected chi connectivity index (χ2v) is 21.8. The summed E-state index contributed by atoms with van der Waals surface area (Å²) in [7, 11) is 0. The Balaban J connectivity index is 1.97. The molecule has 2 rings (SSSR count). The van der Waals surface area contributed by atoms with Gasteiger partial charge in [0.1, 0.15) is 5.69 Å². The van der Waals surface area contributed by atoms with E-state index in [2.05, 4.69) is 61.9 Å². The molecule has 8 nitrogen and oxygen atoms in total. The second-order valence-electron chi connectivity index (χ2n) is 21.8. The van der Waals surface area contributed by atoms with Crippen LogP contribution in [0.15, 0.2) is 52.7 Å². The first-order valence-corrected chi connectivity index (χ1v) is 31.2. The third-order valence-electron chi connectivity index (χ3n) is 15.2. The molecule has 0 aliphatic heterocycles. The van der Waals surface area contributed by atoms with Crippen molar-refractivity contribution in [2.75, 3.05) is 37.8 Å². The van der Waals surface area contributed by atoms with E-state index in [-0.39, 0.29) is 10.6 Å². The summed E-state index contributed by atoms with van der Waals surface area (Å²) in [5.74, 6) is 1.52. The van der Waals surface area contributed by atoms with Gasteiger partial charge in [0.25, 0.3) is 5.69 Å². The van der Waals surface area contributed by atoms with Crippen molar-refractivity contribution >= 4 is 22.7 Å². The quantitative estimate of drug-likeness (QED) is 0.0285. The predicted octanol–water partition coefficient (Wildman–Crippen LogP) is 22.1. The van der Waals surface area contributed by atoms with Gasteiger partial charge >= 0.3 is 0 Å². The predicted molar refractivity (Wildman–Crippen MR) is 312 cm³/mol. The number of hydrogen-bond donors (Lipinski definition) is 0. The standard InChI is InChI=1S/C64H114N4O4/c1-6-11-15-19-23-27-29-33-36-40-44-58(43-39-35-31-25-21-17-13-8-3)56-71-54-53-67(10-5)61-49-47-60(48-50-61)65-66-63-52-51-62(68(69)70)55-64(63)72-57-59(45-41-37-32-26-22-18-14-9-4)46-42-38-34-30-28-24-20-16-12-7-2/h47-52,55,58-59H,6-46,53-54,56-57H2,1-5H3. The number of azo groups is 1. The Morgan fingerprint density at radius 3 is 1.22 bits per heavy atom. The number of non-ortho nitro benzene ring substituents is 1. The van der Waals surface area contributed by atoms with E-state index in [1.807, 2.05) is 12.1 Å². The molecule has 2 atom stereocenters. The van der Waals surface area contributed by atoms with Crippen LogP contribution in [0.1, 0.15) is 291 Å². The van der Waals surface area contributed by atoms with Crippen molar-refractivity contribution in [1.29, 1.82) is 0 Å². The zero-order chi connectivity index (χ0) is 51.8. The average Bonchev–Trinajstić information content (AvgIpc) is 3.39. The van der Waals surface area contributed by atoms with E-state index in [4.69, 9.17) is 9.47 Å². The lowest BCUT2D eigenvalue weighted by Crippen LogP contribution is -2.27. The van der Waals surface area contributed by atoms with E-state index < -0.39 is 0 Å². The van der Waals surface area contributed by atoms with E-state index in [9.17, 15) is 10.1 Å². The Labute approximate surface area is 445 Å². The van der Waals surface area contributed by atoms with Crippen LogP contribution in [0.5, 0.6) is 5.75 Å². The van der Waals surface area contributed by atoms with Gasteiger partial charge in [-0.2, -0.15) is 5.11 Å². The number of nitrogens with zero attached hydrogens (tertiary/aromatic N) is 4. The molecule has 0 fully saturated rings. The highest BCUT2D eigenvalue weighted by atomic mass is 16.6. The summed E-state index contributed by atoms with van der Waals surface area (Å²) >= 11 is 0. The van der Waals surface area contributed by atoms with Gasteiger partial charge in [-0.25, -0.2) is 0 Å². The van der Waals surface area contributed by atoms with Gasteiger partial charge in [0.2, 0.25) is 0 Å². The smallest absolute Gasteiger partial charge is 0.273 e. The highest BCUT2D eigenvalue weighted by Gasteiger charge is 2.16. The van der Waals surface area contributed by atoms with E-state index >= 15 is 0 Å². The lowest BCUT2D eigenvalue weighted by atomic mass is 9.94. The molecule has 2 aromatic rings. The molecule has 414 valence electrons. The molecule has 0 aliphatic carbocycles. The van der Waals surface area contributed by atoms with Gasteiger partial charge < -0.3 is 14.4 Å². The Morgan fingerprint density at radius 2 is 0.847 bits per heavy atom. The van der Waals surface area contributed by atoms with Gasteiger partial charge in [0.05, 0.1) is 29.9 Å². The van der Waals surface area contributed by atoms with Gasteiger partial charge in [-0.1, -0.05) is 259 Å². The van der Waals surface area contributed by atoms with Crippen LogP contribution in [0.2, 0.25) is 0 Å². The summed E-state index contributed by atoms with van der Waals surface area (Å²) in [5, 5.41) is 21.1. The van der Waals surface area contributed by atoms with Crippen LogP contribution in [0.3, 0.4) is 0 Å². The number of rotatable bonds is 53. The van der Waals surface area contributed by atoms with Crippen molar-refractivity contribution in [3.8, 4) is 5.75 Å². The first-order valence-electron chi connectivity index (χ1n) is 31.2. The summed E-state index contributed by atoms with van der Waals surface area (Å²) in [6, 6.07) is 13.0. The van der Waals surface area contributed by atoms with Crippen molar-refractivity contribution in [3.63, 3.8) is 0 Å². The third-order valence-corrected chi connectivity index (χ3v) is 15.2. The van der Waals surface area contributed by atoms with Crippen LogP contribution in [0, 0.1) is 22.0 Å². The molecule has 0 spiro atoms. The molecule has 72 heavy (non-hydrogen) atoms. The minimum Gasteiger partial charge on any atom is -0.491 e. The van der Waals surface area contributed by atoms with Gasteiger partial charge in [-0.15, -0.1) is 5.11 Å². The van der Waals surface area contributed by atoms with Crippen molar-refractivity contribution in [2.24, 2.45) is 22.1 Å². The summed E-state index contributed by atoms with van der Waals surface area (Å²) in [4.78, 5) is 13.9. The molecule has 2 aromatic carbocycles. The molecular weight excluding hydrogens is 889 g/mol. The summed E-state index contributed by atoms with van der Waals surface area (Å²) < 4.78 is 12.9. The van der Waals surface area contributed by atoms with Crippen LogP contribution >= 0.6 is 0 Å². The molecule has 0 radical (unpaired) electrons. The lowest BCUT2D eigenvalue weighted by molar-refractivity contribution is -0.384. The van der Waals surface area contributed by atoms with Gasteiger partial charge in [-0.05, 0) is 74.8 Å². The Bertz CT molecular complexity index is 1530. The fourth-order valence-electron chi connectivity index (χ4n) is 10.4. The first-order chi connectivity index (χ1) is 35.4. The zero-order valence-electron chi connectivity index (χ0n) is 47.9. The lowest BCUT2D eigenvalue weighted by Gasteiger charge is -2.24. The molecule has 0 bridgehead atoms. The molecule has 0 saturated heterocycles. The number of benzene rings is 2. The minimum atomic E-state index is -0.353. The van der Waals surface area contributed by atoms with Crippen molar-refractivity contribution in [3.05, 3.63) is 52.6 Å². The Hall–Kier alpha value is -3.00. The fraction of sp³-hybridized carbons (Fsp3) is 0.812. The Kier molecular flexibility index (Phi) is 43.1. The molecule has 0 saturated carbocycles. The maximum Gasteiger partial charge on any atom is 0.273 e. The van der Waals surface area contributed by atoms with Gasteiger partial charge in [-0.3, -0.25) is 10.1 Å². The molecular formula is C64H114N4O4. The first kappa shape index (κ1) is 65.1. The number of unbranched alkanes of at least 4 members (excludes halogenated alkanes) is 32.